The largest absolute Gasteiger partial charge is 0.478 e. The van der Waals surface area contributed by atoms with Crippen molar-refractivity contribution < 1.29 is 15.0 Å². The van der Waals surface area contributed by atoms with Crippen molar-refractivity contribution in [3.63, 3.8) is 0 Å². The van der Waals surface area contributed by atoms with Gasteiger partial charge in [0.05, 0.1) is 0 Å². The van der Waals surface area contributed by atoms with Crippen molar-refractivity contribution in [2.75, 3.05) is 18.5 Å². The molecule has 5 nitrogen and oxygen atoms in total. The first-order chi connectivity index (χ1) is 8.72. The molecule has 1 aromatic heterocycles. The van der Waals surface area contributed by atoms with Crippen molar-refractivity contribution >= 4 is 11.8 Å². The van der Waals surface area contributed by atoms with Crippen molar-refractivity contribution in [2.24, 2.45) is 11.8 Å². The molecule has 0 aliphatic heterocycles. The lowest BCUT2D eigenvalue weighted by molar-refractivity contribution is 0.0697. The summed E-state index contributed by atoms with van der Waals surface area (Å²) in [5.41, 5.74) is 0.191. The summed E-state index contributed by atoms with van der Waals surface area (Å²) >= 11 is 0. The first-order valence-electron chi connectivity index (χ1n) is 6.25. The third-order valence-electron chi connectivity index (χ3n) is 3.62. The average Bonchev–Trinajstić information content (AvgIpc) is 2.84. The summed E-state index contributed by atoms with van der Waals surface area (Å²) in [4.78, 5) is 15.1. The van der Waals surface area contributed by atoms with Gasteiger partial charge in [-0.25, -0.2) is 9.78 Å². The van der Waals surface area contributed by atoms with Crippen molar-refractivity contribution in [1.82, 2.24) is 4.98 Å². The minimum Gasteiger partial charge on any atom is -0.478 e. The van der Waals surface area contributed by atoms with Crippen LogP contribution < -0.4 is 5.32 Å². The Morgan fingerprint density at radius 3 is 2.94 bits per heavy atom. The molecule has 2 rings (SSSR count). The first-order valence-corrected chi connectivity index (χ1v) is 6.25. The van der Waals surface area contributed by atoms with Crippen LogP contribution in [0, 0.1) is 11.8 Å². The van der Waals surface area contributed by atoms with Gasteiger partial charge < -0.3 is 15.5 Å². The van der Waals surface area contributed by atoms with Gasteiger partial charge in [0.15, 0.2) is 0 Å². The second kappa shape index (κ2) is 5.82. The molecule has 0 bridgehead atoms. The molecule has 98 valence electrons. The normalized spacial score (nSPS) is 22.9. The van der Waals surface area contributed by atoms with E-state index < -0.39 is 5.97 Å². The Bertz CT molecular complexity index is 422. The summed E-state index contributed by atoms with van der Waals surface area (Å²) in [6.07, 6.45) is 4.84. The van der Waals surface area contributed by atoms with E-state index >= 15 is 0 Å². The quantitative estimate of drug-likeness (QED) is 0.739. The fourth-order valence-electron chi connectivity index (χ4n) is 2.57. The Hall–Kier alpha value is -1.62. The molecule has 0 radical (unpaired) electrons. The van der Waals surface area contributed by atoms with E-state index in [-0.39, 0.29) is 12.2 Å². The van der Waals surface area contributed by atoms with Crippen LogP contribution in [0.5, 0.6) is 0 Å². The zero-order chi connectivity index (χ0) is 13.0. The SMILES string of the molecule is O=C(O)c1cccnc1NCC1CCCC1CO. The monoisotopic (exact) mass is 250 g/mol. The molecule has 1 fully saturated rings. The number of hydrogen-bond acceptors (Lipinski definition) is 4. The van der Waals surface area contributed by atoms with Gasteiger partial charge >= 0.3 is 5.97 Å². The lowest BCUT2D eigenvalue weighted by Crippen LogP contribution is -2.22. The van der Waals surface area contributed by atoms with Crippen molar-refractivity contribution in [1.29, 1.82) is 0 Å². The zero-order valence-electron chi connectivity index (χ0n) is 10.2. The maximum Gasteiger partial charge on any atom is 0.339 e. The third kappa shape index (κ3) is 2.79. The summed E-state index contributed by atoms with van der Waals surface area (Å²) in [6, 6.07) is 3.15. The third-order valence-corrected chi connectivity index (χ3v) is 3.62. The molecule has 1 aliphatic carbocycles. The average molecular weight is 250 g/mol. The van der Waals surface area contributed by atoms with E-state index in [1.54, 1.807) is 12.3 Å². The number of hydrogen-bond donors (Lipinski definition) is 3. The molecule has 2 unspecified atom stereocenters. The van der Waals surface area contributed by atoms with E-state index in [0.717, 1.165) is 19.3 Å². The highest BCUT2D eigenvalue weighted by Crippen LogP contribution is 2.31. The van der Waals surface area contributed by atoms with Gasteiger partial charge in [0, 0.05) is 19.3 Å². The summed E-state index contributed by atoms with van der Waals surface area (Å²) in [6.45, 7) is 0.878. The molecular formula is C13H18N2O3. The topological polar surface area (TPSA) is 82.5 Å². The molecule has 0 aromatic carbocycles. The van der Waals surface area contributed by atoms with E-state index in [1.807, 2.05) is 0 Å². The zero-order valence-corrected chi connectivity index (χ0v) is 10.2. The molecule has 3 N–H and O–H groups in total. The molecule has 0 spiro atoms. The molecule has 18 heavy (non-hydrogen) atoms. The number of rotatable bonds is 5. The van der Waals surface area contributed by atoms with Crippen molar-refractivity contribution in [3.05, 3.63) is 23.9 Å². The van der Waals surface area contributed by atoms with E-state index in [2.05, 4.69) is 10.3 Å². The number of carboxylic acids is 1. The van der Waals surface area contributed by atoms with Crippen molar-refractivity contribution in [3.8, 4) is 0 Å². The number of anilines is 1. The smallest absolute Gasteiger partial charge is 0.339 e. The standard InChI is InChI=1S/C13H18N2O3/c16-8-10-4-1-3-9(10)7-15-12-11(13(17)18)5-2-6-14-12/h2,5-6,9-10,16H,1,3-4,7-8H2,(H,14,15)(H,17,18). The van der Waals surface area contributed by atoms with Crippen LogP contribution in [0.3, 0.4) is 0 Å². The number of aromatic carboxylic acids is 1. The van der Waals surface area contributed by atoms with E-state index in [9.17, 15) is 9.90 Å². The molecule has 5 heteroatoms. The number of carboxylic acid groups (broad SMARTS) is 1. The predicted octanol–water partition coefficient (Wildman–Crippen LogP) is 1.60. The van der Waals surface area contributed by atoms with Crippen molar-refractivity contribution in [2.45, 2.75) is 19.3 Å². The second-order valence-corrected chi connectivity index (χ2v) is 4.72. The van der Waals surface area contributed by atoms with Crippen LogP contribution in [-0.2, 0) is 0 Å². The molecule has 1 heterocycles. The number of nitrogens with one attached hydrogen (secondary N) is 1. The van der Waals surface area contributed by atoms with Crippen LogP contribution in [0.2, 0.25) is 0 Å². The maximum atomic E-state index is 11.0. The van der Waals surface area contributed by atoms with Gasteiger partial charge in [-0.05, 0) is 36.8 Å². The van der Waals surface area contributed by atoms with Gasteiger partial charge in [-0.1, -0.05) is 6.42 Å². The van der Waals surface area contributed by atoms with Gasteiger partial charge in [-0.2, -0.15) is 0 Å². The molecule has 0 saturated heterocycles. The van der Waals surface area contributed by atoms with Crippen LogP contribution in [0.15, 0.2) is 18.3 Å². The Balaban J connectivity index is 2.00. The van der Waals surface area contributed by atoms with Crippen LogP contribution in [0.4, 0.5) is 5.82 Å². The molecule has 1 aromatic rings. The number of nitrogens with zero attached hydrogens (tertiary/aromatic N) is 1. The fourth-order valence-corrected chi connectivity index (χ4v) is 2.57. The Kier molecular flexibility index (Phi) is 4.15. The number of carbonyl (C=O) groups is 1. The first kappa shape index (κ1) is 12.8. The molecule has 1 saturated carbocycles. The highest BCUT2D eigenvalue weighted by molar-refractivity contribution is 5.92. The maximum absolute atomic E-state index is 11.0. The Morgan fingerprint density at radius 1 is 1.44 bits per heavy atom. The number of pyridine rings is 1. The number of aromatic nitrogens is 1. The van der Waals surface area contributed by atoms with Gasteiger partial charge in [0.2, 0.25) is 0 Å². The summed E-state index contributed by atoms with van der Waals surface area (Å²) in [7, 11) is 0. The summed E-state index contributed by atoms with van der Waals surface area (Å²) in [5, 5.41) is 21.4. The highest BCUT2D eigenvalue weighted by Gasteiger charge is 2.26. The minimum absolute atomic E-state index is 0.191. The predicted molar refractivity (Wildman–Crippen MR) is 67.6 cm³/mol. The van der Waals surface area contributed by atoms with Gasteiger partial charge in [0.1, 0.15) is 11.4 Å². The lowest BCUT2D eigenvalue weighted by Gasteiger charge is -2.18. The van der Waals surface area contributed by atoms with Crippen LogP contribution in [-0.4, -0.2) is 34.3 Å². The van der Waals surface area contributed by atoms with Crippen LogP contribution in [0.1, 0.15) is 29.6 Å². The lowest BCUT2D eigenvalue weighted by atomic mass is 9.97. The van der Waals surface area contributed by atoms with Crippen LogP contribution in [0.25, 0.3) is 0 Å². The molecular weight excluding hydrogens is 232 g/mol. The summed E-state index contributed by atoms with van der Waals surface area (Å²) < 4.78 is 0. The Morgan fingerprint density at radius 2 is 2.22 bits per heavy atom. The molecule has 1 aliphatic rings. The highest BCUT2D eigenvalue weighted by atomic mass is 16.4. The van der Waals surface area contributed by atoms with E-state index in [1.165, 1.54) is 6.07 Å². The van der Waals surface area contributed by atoms with Gasteiger partial charge in [0.25, 0.3) is 0 Å². The molecule has 2 atom stereocenters. The van der Waals surface area contributed by atoms with E-state index in [0.29, 0.717) is 24.2 Å². The fraction of sp³-hybridized carbons (Fsp3) is 0.538. The van der Waals surface area contributed by atoms with E-state index in [4.69, 9.17) is 5.11 Å². The van der Waals surface area contributed by atoms with Gasteiger partial charge in [-0.3, -0.25) is 0 Å². The Labute approximate surface area is 106 Å². The number of aliphatic hydroxyl groups is 1. The second-order valence-electron chi connectivity index (χ2n) is 4.72. The summed E-state index contributed by atoms with van der Waals surface area (Å²) in [5.74, 6) is 0.164. The minimum atomic E-state index is -0.976. The van der Waals surface area contributed by atoms with Gasteiger partial charge in [-0.15, -0.1) is 0 Å². The van der Waals surface area contributed by atoms with Crippen LogP contribution >= 0.6 is 0 Å². The number of aliphatic hydroxyl groups excluding tert-OH is 1. The molecule has 0 amide bonds.